The Morgan fingerprint density at radius 3 is 2.96 bits per heavy atom. The molecule has 1 saturated carbocycles. The number of pyridine rings is 1. The molecule has 3 nitrogen and oxygen atoms in total. The molecule has 2 aliphatic heterocycles. The summed E-state index contributed by atoms with van der Waals surface area (Å²) in [7, 11) is 0. The zero-order chi connectivity index (χ0) is 16.5. The maximum absolute atomic E-state index is 13.3. The van der Waals surface area contributed by atoms with Gasteiger partial charge in [0, 0.05) is 35.5 Å². The van der Waals surface area contributed by atoms with Gasteiger partial charge in [0.2, 0.25) is 11.9 Å². The number of carbonyl (C=O) groups excluding carboxylic acids is 1. The van der Waals surface area contributed by atoms with Gasteiger partial charge in [0.1, 0.15) is 0 Å². The molecular formula is C19H23FN2OS. The van der Waals surface area contributed by atoms with Crippen LogP contribution < -0.4 is 0 Å². The number of aromatic nitrogens is 1. The molecule has 24 heavy (non-hydrogen) atoms. The lowest BCUT2D eigenvalue weighted by atomic mass is 9.78. The summed E-state index contributed by atoms with van der Waals surface area (Å²) >= 11 is 1.65. The molecule has 128 valence electrons. The van der Waals surface area contributed by atoms with Crippen LogP contribution in [0.4, 0.5) is 4.39 Å². The fourth-order valence-electron chi connectivity index (χ4n) is 4.45. The van der Waals surface area contributed by atoms with Crippen LogP contribution in [0.3, 0.4) is 0 Å². The molecule has 3 atom stereocenters. The summed E-state index contributed by atoms with van der Waals surface area (Å²) in [6, 6.07) is 3.72. The maximum Gasteiger partial charge on any atom is 0.230 e. The van der Waals surface area contributed by atoms with Crippen LogP contribution in [0.1, 0.15) is 44.1 Å². The molecule has 1 aliphatic carbocycles. The first-order valence-corrected chi connectivity index (χ1v) is 9.98. The minimum Gasteiger partial charge on any atom is -0.339 e. The number of piperidine rings is 1. The highest BCUT2D eigenvalue weighted by atomic mass is 32.2. The normalized spacial score (nSPS) is 30.0. The zero-order valence-electron chi connectivity index (χ0n) is 13.8. The predicted molar refractivity (Wildman–Crippen MR) is 94.8 cm³/mol. The van der Waals surface area contributed by atoms with E-state index in [9.17, 15) is 9.18 Å². The van der Waals surface area contributed by atoms with E-state index in [1.165, 1.54) is 44.4 Å². The topological polar surface area (TPSA) is 33.2 Å². The minimum atomic E-state index is -0.468. The second-order valence-corrected chi connectivity index (χ2v) is 8.16. The van der Waals surface area contributed by atoms with Crippen molar-refractivity contribution in [2.45, 2.75) is 44.6 Å². The van der Waals surface area contributed by atoms with Crippen LogP contribution in [0.2, 0.25) is 0 Å². The molecule has 0 bridgehead atoms. The second kappa shape index (κ2) is 6.87. The summed E-state index contributed by atoms with van der Waals surface area (Å²) in [4.78, 5) is 19.9. The van der Waals surface area contributed by atoms with Crippen LogP contribution in [0, 0.1) is 17.8 Å². The van der Waals surface area contributed by atoms with Crippen molar-refractivity contribution in [2.24, 2.45) is 11.8 Å². The number of carbonyl (C=O) groups is 1. The first-order chi connectivity index (χ1) is 11.7. The lowest BCUT2D eigenvalue weighted by Gasteiger charge is -2.44. The Morgan fingerprint density at radius 2 is 2.08 bits per heavy atom. The third kappa shape index (κ3) is 3.10. The molecular weight excluding hydrogens is 323 g/mol. The van der Waals surface area contributed by atoms with Gasteiger partial charge in [0.15, 0.2) is 0 Å². The molecule has 3 unspecified atom stereocenters. The fourth-order valence-corrected chi connectivity index (χ4v) is 5.60. The van der Waals surface area contributed by atoms with E-state index in [-0.39, 0.29) is 11.8 Å². The number of fused-ring (bicyclic) bond motifs is 1. The molecule has 0 spiro atoms. The summed E-state index contributed by atoms with van der Waals surface area (Å²) in [5, 5.41) is 0. The quantitative estimate of drug-likeness (QED) is 0.756. The third-order valence-electron chi connectivity index (χ3n) is 5.63. The summed E-state index contributed by atoms with van der Waals surface area (Å²) < 4.78 is 13.3. The monoisotopic (exact) mass is 346 g/mol. The Balaban J connectivity index is 1.50. The molecule has 2 fully saturated rings. The van der Waals surface area contributed by atoms with E-state index in [2.05, 4.69) is 9.88 Å². The molecule has 1 aromatic heterocycles. The number of hydrogen-bond donors (Lipinski definition) is 0. The van der Waals surface area contributed by atoms with Crippen LogP contribution in [0.25, 0.3) is 4.91 Å². The molecule has 5 heteroatoms. The van der Waals surface area contributed by atoms with Gasteiger partial charge < -0.3 is 4.90 Å². The van der Waals surface area contributed by atoms with Gasteiger partial charge in [-0.05, 0) is 43.2 Å². The molecule has 0 N–H and O–H groups in total. The van der Waals surface area contributed by atoms with Crippen molar-refractivity contribution in [3.05, 3.63) is 35.9 Å². The second-order valence-electron chi connectivity index (χ2n) is 7.10. The number of thioether (sulfide) groups is 1. The SMILES string of the molecule is O=C(C1C=C(c2ccnc(F)c2)SC1)N1CCCC2CCCCC21. The van der Waals surface area contributed by atoms with Gasteiger partial charge in [-0.3, -0.25) is 4.79 Å². The fraction of sp³-hybridized carbons (Fsp3) is 0.579. The smallest absolute Gasteiger partial charge is 0.230 e. The van der Waals surface area contributed by atoms with E-state index >= 15 is 0 Å². The third-order valence-corrected chi connectivity index (χ3v) is 6.83. The predicted octanol–water partition coefficient (Wildman–Crippen LogP) is 4.11. The van der Waals surface area contributed by atoms with Crippen molar-refractivity contribution in [2.75, 3.05) is 12.3 Å². The molecule has 3 aliphatic rings. The average Bonchev–Trinajstić information content (AvgIpc) is 3.11. The van der Waals surface area contributed by atoms with Gasteiger partial charge in [-0.1, -0.05) is 18.9 Å². The van der Waals surface area contributed by atoms with E-state index in [4.69, 9.17) is 0 Å². The molecule has 3 heterocycles. The Bertz CT molecular complexity index is 661. The lowest BCUT2D eigenvalue weighted by molar-refractivity contribution is -0.139. The molecule has 0 radical (unpaired) electrons. The molecule has 4 rings (SSSR count). The van der Waals surface area contributed by atoms with E-state index in [0.717, 1.165) is 29.2 Å². The lowest BCUT2D eigenvalue weighted by Crippen LogP contribution is -2.51. The summed E-state index contributed by atoms with van der Waals surface area (Å²) in [6.45, 7) is 0.911. The number of rotatable bonds is 2. The summed E-state index contributed by atoms with van der Waals surface area (Å²) in [6.07, 6.45) is 11.0. The van der Waals surface area contributed by atoms with Gasteiger partial charge in [-0.25, -0.2) is 4.98 Å². The van der Waals surface area contributed by atoms with Crippen LogP contribution >= 0.6 is 11.8 Å². The number of hydrogen-bond acceptors (Lipinski definition) is 3. The van der Waals surface area contributed by atoms with Gasteiger partial charge in [0.05, 0.1) is 5.92 Å². The van der Waals surface area contributed by atoms with Crippen LogP contribution in [0.5, 0.6) is 0 Å². The van der Waals surface area contributed by atoms with E-state index in [0.29, 0.717) is 12.0 Å². The van der Waals surface area contributed by atoms with Crippen LogP contribution in [-0.2, 0) is 4.79 Å². The van der Waals surface area contributed by atoms with Crippen molar-refractivity contribution in [1.82, 2.24) is 9.88 Å². The largest absolute Gasteiger partial charge is 0.339 e. The first kappa shape index (κ1) is 16.1. The highest BCUT2D eigenvalue weighted by Gasteiger charge is 2.38. The van der Waals surface area contributed by atoms with Crippen molar-refractivity contribution in [1.29, 1.82) is 0 Å². The van der Waals surface area contributed by atoms with Gasteiger partial charge >= 0.3 is 0 Å². The molecule has 1 aromatic rings. The number of likely N-dealkylation sites (tertiary alicyclic amines) is 1. The average molecular weight is 346 g/mol. The van der Waals surface area contributed by atoms with Gasteiger partial charge in [0.25, 0.3) is 0 Å². The maximum atomic E-state index is 13.3. The standard InChI is InChI=1S/C19H23FN2OS/c20-18-11-14(7-8-21-18)17-10-15(12-24-17)19(23)22-9-3-5-13-4-1-2-6-16(13)22/h7-8,10-11,13,15-16H,1-6,9,12H2. The highest BCUT2D eigenvalue weighted by molar-refractivity contribution is 8.08. The van der Waals surface area contributed by atoms with E-state index < -0.39 is 5.95 Å². The van der Waals surface area contributed by atoms with Crippen molar-refractivity contribution < 1.29 is 9.18 Å². The van der Waals surface area contributed by atoms with Crippen LogP contribution in [0.15, 0.2) is 24.4 Å². The number of nitrogens with zero attached hydrogens (tertiary/aromatic N) is 2. The van der Waals surface area contributed by atoms with Crippen molar-refractivity contribution in [3.63, 3.8) is 0 Å². The highest BCUT2D eigenvalue weighted by Crippen LogP contribution is 2.40. The molecule has 1 amide bonds. The van der Waals surface area contributed by atoms with Crippen molar-refractivity contribution >= 4 is 22.6 Å². The van der Waals surface area contributed by atoms with E-state index in [1.54, 1.807) is 11.8 Å². The van der Waals surface area contributed by atoms with E-state index in [1.807, 2.05) is 12.1 Å². The molecule has 0 aromatic carbocycles. The Hall–Kier alpha value is -1.36. The Labute approximate surface area is 146 Å². The van der Waals surface area contributed by atoms with Gasteiger partial charge in [-0.2, -0.15) is 4.39 Å². The number of amides is 1. The summed E-state index contributed by atoms with van der Waals surface area (Å²) in [5.41, 5.74) is 0.831. The first-order valence-electron chi connectivity index (χ1n) is 8.99. The summed E-state index contributed by atoms with van der Waals surface area (Å²) in [5.74, 6) is 1.23. The Morgan fingerprint density at radius 1 is 1.25 bits per heavy atom. The number of halogens is 1. The molecule has 1 saturated heterocycles. The van der Waals surface area contributed by atoms with Crippen molar-refractivity contribution in [3.8, 4) is 0 Å². The minimum absolute atomic E-state index is 0.0677. The Kier molecular flexibility index (Phi) is 4.61. The van der Waals surface area contributed by atoms with Gasteiger partial charge in [-0.15, -0.1) is 11.8 Å². The van der Waals surface area contributed by atoms with Crippen LogP contribution in [-0.4, -0.2) is 34.1 Å². The zero-order valence-corrected chi connectivity index (χ0v) is 14.6.